The van der Waals surface area contributed by atoms with Gasteiger partial charge in [0.15, 0.2) is 11.5 Å². The van der Waals surface area contributed by atoms with Crippen LogP contribution in [0.3, 0.4) is 0 Å². The van der Waals surface area contributed by atoms with E-state index in [1.807, 2.05) is 0 Å². The number of ether oxygens (including phenoxy) is 3. The molecule has 1 fully saturated rings. The molecule has 1 aliphatic rings. The first-order chi connectivity index (χ1) is 11.5. The van der Waals surface area contributed by atoms with Gasteiger partial charge in [-0.1, -0.05) is 6.07 Å². The number of imide groups is 1. The molecule has 1 N–H and O–H groups in total. The first-order valence-electron chi connectivity index (χ1n) is 7.13. The number of amides is 3. The van der Waals surface area contributed by atoms with Crippen LogP contribution in [-0.4, -0.2) is 50.7 Å². The summed E-state index contributed by atoms with van der Waals surface area (Å²) in [5, 5.41) is 2.48. The second kappa shape index (κ2) is 7.49. The van der Waals surface area contributed by atoms with Crippen LogP contribution in [0.5, 0.6) is 11.5 Å². The fourth-order valence-electron chi connectivity index (χ4n) is 2.19. The second-order valence-electron chi connectivity index (χ2n) is 4.89. The highest BCUT2D eigenvalue weighted by atomic mass is 16.5. The predicted molar refractivity (Wildman–Crippen MR) is 84.4 cm³/mol. The van der Waals surface area contributed by atoms with Crippen LogP contribution in [-0.2, 0) is 14.3 Å². The van der Waals surface area contributed by atoms with E-state index in [1.165, 1.54) is 27.4 Å². The molecule has 8 heteroatoms. The number of nitrogens with zero attached hydrogens (tertiary/aromatic N) is 1. The third kappa shape index (κ3) is 3.65. The van der Waals surface area contributed by atoms with E-state index >= 15 is 0 Å². The highest BCUT2D eigenvalue weighted by molar-refractivity contribution is 6.14. The Labute approximate surface area is 139 Å². The fourth-order valence-corrected chi connectivity index (χ4v) is 2.19. The summed E-state index contributed by atoms with van der Waals surface area (Å²) in [7, 11) is 4.28. The van der Waals surface area contributed by atoms with E-state index < -0.39 is 17.9 Å². The number of methoxy groups -OCH3 is 3. The molecule has 0 spiro atoms. The molecule has 1 aromatic carbocycles. The Morgan fingerprint density at radius 1 is 1.17 bits per heavy atom. The van der Waals surface area contributed by atoms with Crippen molar-refractivity contribution in [2.24, 2.45) is 0 Å². The molecule has 0 bridgehead atoms. The number of nitrogens with one attached hydrogen (secondary N) is 1. The third-order valence-corrected chi connectivity index (χ3v) is 3.45. The lowest BCUT2D eigenvalue weighted by Crippen LogP contribution is -2.33. The predicted octanol–water partition coefficient (Wildman–Crippen LogP) is 1.16. The number of rotatable bonds is 6. The Kier molecular flexibility index (Phi) is 5.41. The fraction of sp³-hybridized carbons (Fsp3) is 0.312. The van der Waals surface area contributed by atoms with Gasteiger partial charge in [0.1, 0.15) is 5.70 Å². The molecule has 0 aliphatic carbocycles. The molecule has 2 rings (SSSR count). The van der Waals surface area contributed by atoms with Crippen LogP contribution in [0, 0.1) is 0 Å². The second-order valence-corrected chi connectivity index (χ2v) is 4.89. The highest BCUT2D eigenvalue weighted by Gasteiger charge is 2.33. The van der Waals surface area contributed by atoms with E-state index in [-0.39, 0.29) is 18.7 Å². The van der Waals surface area contributed by atoms with Crippen molar-refractivity contribution in [2.45, 2.75) is 6.42 Å². The monoisotopic (exact) mass is 334 g/mol. The van der Waals surface area contributed by atoms with Gasteiger partial charge in [0.05, 0.1) is 27.8 Å². The molecule has 0 radical (unpaired) electrons. The smallest absolute Gasteiger partial charge is 0.329 e. The molecule has 0 saturated carbocycles. The minimum atomic E-state index is -0.573. The number of benzene rings is 1. The Bertz CT molecular complexity index is 698. The van der Waals surface area contributed by atoms with Crippen molar-refractivity contribution in [1.29, 1.82) is 0 Å². The summed E-state index contributed by atoms with van der Waals surface area (Å²) >= 11 is 0. The molecule has 24 heavy (non-hydrogen) atoms. The lowest BCUT2D eigenvalue weighted by atomic mass is 10.1. The zero-order valence-electron chi connectivity index (χ0n) is 13.6. The highest BCUT2D eigenvalue weighted by Crippen LogP contribution is 2.28. The van der Waals surface area contributed by atoms with Crippen molar-refractivity contribution in [3.05, 3.63) is 29.5 Å². The molecule has 3 amide bonds. The Balaban J connectivity index is 2.17. The normalized spacial score (nSPS) is 15.5. The number of carbonyl (C=O) groups excluding carboxylic acids is 3. The molecule has 0 aromatic heterocycles. The number of esters is 1. The van der Waals surface area contributed by atoms with Crippen molar-refractivity contribution >= 4 is 24.0 Å². The molecule has 128 valence electrons. The first-order valence-corrected chi connectivity index (χ1v) is 7.13. The maximum absolute atomic E-state index is 12.3. The van der Waals surface area contributed by atoms with E-state index in [2.05, 4.69) is 10.1 Å². The molecule has 1 saturated heterocycles. The number of carbonyl (C=O) groups is 3. The maximum Gasteiger partial charge on any atom is 0.329 e. The zero-order chi connectivity index (χ0) is 17.7. The van der Waals surface area contributed by atoms with Crippen LogP contribution in [0.15, 0.2) is 23.9 Å². The lowest BCUT2D eigenvalue weighted by Gasteiger charge is -2.10. The largest absolute Gasteiger partial charge is 0.493 e. The summed E-state index contributed by atoms with van der Waals surface area (Å²) in [6.07, 6.45) is 1.47. The van der Waals surface area contributed by atoms with Gasteiger partial charge in [0.25, 0.3) is 5.91 Å². The van der Waals surface area contributed by atoms with Gasteiger partial charge >= 0.3 is 12.0 Å². The van der Waals surface area contributed by atoms with E-state index in [0.717, 1.165) is 4.90 Å². The third-order valence-electron chi connectivity index (χ3n) is 3.45. The molecular formula is C16H18N2O6. The van der Waals surface area contributed by atoms with E-state index in [1.54, 1.807) is 18.2 Å². The molecule has 1 aliphatic heterocycles. The van der Waals surface area contributed by atoms with Gasteiger partial charge in [0, 0.05) is 6.54 Å². The van der Waals surface area contributed by atoms with Crippen LogP contribution >= 0.6 is 0 Å². The van der Waals surface area contributed by atoms with Crippen molar-refractivity contribution in [1.82, 2.24) is 10.2 Å². The molecule has 1 aromatic rings. The van der Waals surface area contributed by atoms with Gasteiger partial charge in [0.2, 0.25) is 0 Å². The van der Waals surface area contributed by atoms with Crippen molar-refractivity contribution in [3.63, 3.8) is 0 Å². The molecule has 1 heterocycles. The Morgan fingerprint density at radius 2 is 1.88 bits per heavy atom. The summed E-state index contributed by atoms with van der Waals surface area (Å²) in [5.41, 5.74) is 0.781. The zero-order valence-corrected chi connectivity index (χ0v) is 13.6. The van der Waals surface area contributed by atoms with Gasteiger partial charge in [-0.25, -0.2) is 4.79 Å². The maximum atomic E-state index is 12.3. The lowest BCUT2D eigenvalue weighted by molar-refractivity contribution is -0.141. The quantitative estimate of drug-likeness (QED) is 0.477. The molecule has 0 atom stereocenters. The molecule has 8 nitrogen and oxygen atoms in total. The van der Waals surface area contributed by atoms with Crippen LogP contribution in [0.1, 0.15) is 12.0 Å². The number of hydrogen-bond acceptors (Lipinski definition) is 6. The van der Waals surface area contributed by atoms with Crippen LogP contribution in [0.25, 0.3) is 6.08 Å². The van der Waals surface area contributed by atoms with E-state index in [9.17, 15) is 14.4 Å². The Hall–Kier alpha value is -3.03. The number of urea groups is 1. The van der Waals surface area contributed by atoms with Gasteiger partial charge < -0.3 is 19.5 Å². The summed E-state index contributed by atoms with van der Waals surface area (Å²) in [6.45, 7) is -0.0411. The summed E-state index contributed by atoms with van der Waals surface area (Å²) < 4.78 is 14.8. The number of hydrogen-bond donors (Lipinski definition) is 1. The van der Waals surface area contributed by atoms with E-state index in [4.69, 9.17) is 9.47 Å². The van der Waals surface area contributed by atoms with Crippen molar-refractivity contribution in [2.75, 3.05) is 27.9 Å². The van der Waals surface area contributed by atoms with Gasteiger partial charge in [-0.05, 0) is 23.8 Å². The van der Waals surface area contributed by atoms with Gasteiger partial charge in [-0.15, -0.1) is 0 Å². The summed E-state index contributed by atoms with van der Waals surface area (Å²) in [6, 6.07) is 4.53. The van der Waals surface area contributed by atoms with Crippen LogP contribution in [0.4, 0.5) is 4.79 Å². The minimum absolute atomic E-state index is 0.0411. The van der Waals surface area contributed by atoms with Gasteiger partial charge in [-0.2, -0.15) is 0 Å². The SMILES string of the molecule is COC(=O)CCN1C(=O)NC(=Cc2ccc(OC)c(OC)c2)C1=O. The summed E-state index contributed by atoms with van der Waals surface area (Å²) in [4.78, 5) is 36.2. The van der Waals surface area contributed by atoms with Gasteiger partial charge in [-0.3, -0.25) is 14.5 Å². The van der Waals surface area contributed by atoms with Crippen molar-refractivity contribution in [3.8, 4) is 11.5 Å². The minimum Gasteiger partial charge on any atom is -0.493 e. The van der Waals surface area contributed by atoms with Crippen molar-refractivity contribution < 1.29 is 28.6 Å². The molecular weight excluding hydrogens is 316 g/mol. The standard InChI is InChI=1S/C16H18N2O6/c1-22-12-5-4-10(9-13(12)23-2)8-11-15(20)18(16(21)17-11)7-6-14(19)24-3/h4-5,8-9H,6-7H2,1-3H3,(H,17,21). The first kappa shape index (κ1) is 17.3. The summed E-state index contributed by atoms with van der Waals surface area (Å²) in [5.74, 6) is 0.0684. The Morgan fingerprint density at radius 3 is 2.50 bits per heavy atom. The average molecular weight is 334 g/mol. The average Bonchev–Trinajstić information content (AvgIpc) is 2.86. The topological polar surface area (TPSA) is 94.2 Å². The van der Waals surface area contributed by atoms with E-state index in [0.29, 0.717) is 17.1 Å². The molecule has 0 unspecified atom stereocenters. The van der Waals surface area contributed by atoms with Crippen LogP contribution in [0.2, 0.25) is 0 Å². The van der Waals surface area contributed by atoms with Crippen LogP contribution < -0.4 is 14.8 Å².